The molecule has 140 valence electrons. The van der Waals surface area contributed by atoms with Crippen LogP contribution in [0.4, 0.5) is 13.2 Å². The van der Waals surface area contributed by atoms with Gasteiger partial charge in [0.2, 0.25) is 5.91 Å². The summed E-state index contributed by atoms with van der Waals surface area (Å²) in [6.45, 7) is 3.60. The van der Waals surface area contributed by atoms with Gasteiger partial charge in [0.05, 0.1) is 12.7 Å². The van der Waals surface area contributed by atoms with Crippen LogP contribution in [0.3, 0.4) is 0 Å². The minimum absolute atomic E-state index is 0.0308. The number of carbonyl (C=O) groups excluding carboxylic acids is 2. The van der Waals surface area contributed by atoms with E-state index in [1.165, 1.54) is 18.2 Å². The maximum atomic E-state index is 13.1. The van der Waals surface area contributed by atoms with E-state index in [0.717, 1.165) is 13.2 Å². The Bertz CT molecular complexity index is 602. The van der Waals surface area contributed by atoms with Crippen molar-refractivity contribution in [2.45, 2.75) is 45.0 Å². The van der Waals surface area contributed by atoms with Crippen LogP contribution >= 0.6 is 0 Å². The van der Waals surface area contributed by atoms with Crippen molar-refractivity contribution in [1.82, 2.24) is 5.32 Å². The predicted molar refractivity (Wildman–Crippen MR) is 84.6 cm³/mol. The van der Waals surface area contributed by atoms with Gasteiger partial charge in [-0.15, -0.1) is 0 Å². The largest absolute Gasteiger partial charge is 0.467 e. The first-order valence-electron chi connectivity index (χ1n) is 7.77. The molecule has 0 heterocycles. The van der Waals surface area contributed by atoms with Crippen molar-refractivity contribution in [3.63, 3.8) is 0 Å². The normalized spacial score (nSPS) is 14.1. The van der Waals surface area contributed by atoms with Crippen LogP contribution in [-0.2, 0) is 26.9 Å². The van der Waals surface area contributed by atoms with Crippen LogP contribution in [-0.4, -0.2) is 36.2 Å². The van der Waals surface area contributed by atoms with Crippen LogP contribution in [0.25, 0.3) is 0 Å². The van der Waals surface area contributed by atoms with E-state index in [2.05, 4.69) is 10.1 Å². The molecule has 0 aliphatic rings. The summed E-state index contributed by atoms with van der Waals surface area (Å²) in [6, 6.07) is 3.45. The minimum atomic E-state index is -4.58. The van der Waals surface area contributed by atoms with Crippen LogP contribution in [0, 0.1) is 5.92 Å². The summed E-state index contributed by atoms with van der Waals surface area (Å²) in [5.74, 6) is -1.68. The lowest BCUT2D eigenvalue weighted by Gasteiger charge is -2.21. The Morgan fingerprint density at radius 2 is 1.84 bits per heavy atom. The standard InChI is InChI=1S/C17H22F3NO4/c1-10(2)8-14(22)15(23)21-13(16(24)25-3)9-11-6-4-5-7-12(11)17(18,19)20/h4-7,10,13-14,22H,8-9H2,1-3H3,(H,21,23)/t13-,14-/m1/s1. The number of methoxy groups -OCH3 is 1. The molecule has 0 bridgehead atoms. The molecular weight excluding hydrogens is 339 g/mol. The highest BCUT2D eigenvalue weighted by Crippen LogP contribution is 2.32. The Morgan fingerprint density at radius 1 is 1.24 bits per heavy atom. The van der Waals surface area contributed by atoms with Crippen LogP contribution in [0.2, 0.25) is 0 Å². The molecule has 1 amide bonds. The average molecular weight is 361 g/mol. The minimum Gasteiger partial charge on any atom is -0.467 e. The third kappa shape index (κ3) is 6.38. The second kappa shape index (κ2) is 8.84. The molecule has 25 heavy (non-hydrogen) atoms. The van der Waals surface area contributed by atoms with Gasteiger partial charge in [0.15, 0.2) is 0 Å². The highest BCUT2D eigenvalue weighted by Gasteiger charge is 2.35. The van der Waals surface area contributed by atoms with E-state index < -0.39 is 42.2 Å². The molecule has 2 atom stereocenters. The first kappa shape index (κ1) is 21.0. The number of amides is 1. The highest BCUT2D eigenvalue weighted by molar-refractivity contribution is 5.87. The fraction of sp³-hybridized carbons (Fsp3) is 0.529. The molecule has 0 spiro atoms. The van der Waals surface area contributed by atoms with Gasteiger partial charge in [-0.2, -0.15) is 13.2 Å². The monoisotopic (exact) mass is 361 g/mol. The summed E-state index contributed by atoms with van der Waals surface area (Å²) in [6.07, 6.45) is -6.18. The smallest absolute Gasteiger partial charge is 0.416 e. The zero-order valence-corrected chi connectivity index (χ0v) is 14.3. The zero-order chi connectivity index (χ0) is 19.2. The number of nitrogens with one attached hydrogen (secondary N) is 1. The molecule has 0 aliphatic carbocycles. The summed E-state index contributed by atoms with van der Waals surface area (Å²) in [4.78, 5) is 23.8. The third-order valence-corrected chi connectivity index (χ3v) is 3.55. The van der Waals surface area contributed by atoms with Gasteiger partial charge in [0, 0.05) is 6.42 Å². The van der Waals surface area contributed by atoms with Crippen molar-refractivity contribution in [3.05, 3.63) is 35.4 Å². The van der Waals surface area contributed by atoms with Crippen LogP contribution in [0.5, 0.6) is 0 Å². The first-order chi connectivity index (χ1) is 11.6. The maximum Gasteiger partial charge on any atom is 0.416 e. The van der Waals surface area contributed by atoms with E-state index >= 15 is 0 Å². The summed E-state index contributed by atoms with van der Waals surface area (Å²) in [7, 11) is 1.07. The average Bonchev–Trinajstić information content (AvgIpc) is 2.52. The second-order valence-corrected chi connectivity index (χ2v) is 6.09. The fourth-order valence-electron chi connectivity index (χ4n) is 2.35. The van der Waals surface area contributed by atoms with Crippen molar-refractivity contribution in [2.24, 2.45) is 5.92 Å². The fourth-order valence-corrected chi connectivity index (χ4v) is 2.35. The zero-order valence-electron chi connectivity index (χ0n) is 14.3. The molecular formula is C17H22F3NO4. The summed E-state index contributed by atoms with van der Waals surface area (Å²) in [5, 5.41) is 12.1. The van der Waals surface area contributed by atoms with Crippen molar-refractivity contribution in [2.75, 3.05) is 7.11 Å². The van der Waals surface area contributed by atoms with Gasteiger partial charge in [0.25, 0.3) is 0 Å². The summed E-state index contributed by atoms with van der Waals surface area (Å²) in [5.41, 5.74) is -1.04. The molecule has 2 N–H and O–H groups in total. The van der Waals surface area contributed by atoms with Crippen molar-refractivity contribution in [3.8, 4) is 0 Å². The van der Waals surface area contributed by atoms with Gasteiger partial charge < -0.3 is 15.2 Å². The van der Waals surface area contributed by atoms with Crippen molar-refractivity contribution >= 4 is 11.9 Å². The SMILES string of the molecule is COC(=O)[C@@H](Cc1ccccc1C(F)(F)F)NC(=O)[C@H](O)CC(C)C. The lowest BCUT2D eigenvalue weighted by atomic mass is 9.99. The number of hydrogen-bond acceptors (Lipinski definition) is 4. The molecule has 0 aliphatic heterocycles. The molecule has 0 fully saturated rings. The number of ether oxygens (including phenoxy) is 1. The molecule has 1 rings (SSSR count). The number of hydrogen-bond donors (Lipinski definition) is 2. The van der Waals surface area contributed by atoms with Gasteiger partial charge in [-0.05, 0) is 24.0 Å². The van der Waals surface area contributed by atoms with Crippen LogP contribution in [0.15, 0.2) is 24.3 Å². The van der Waals surface area contributed by atoms with Crippen molar-refractivity contribution < 1.29 is 32.6 Å². The van der Waals surface area contributed by atoms with E-state index in [1.54, 1.807) is 13.8 Å². The molecule has 0 radical (unpaired) electrons. The van der Waals surface area contributed by atoms with Crippen molar-refractivity contribution in [1.29, 1.82) is 0 Å². The molecule has 0 unspecified atom stereocenters. The summed E-state index contributed by atoms with van der Waals surface area (Å²) >= 11 is 0. The number of benzene rings is 1. The third-order valence-electron chi connectivity index (χ3n) is 3.55. The van der Waals surface area contributed by atoms with Gasteiger partial charge in [0.1, 0.15) is 12.1 Å². The second-order valence-electron chi connectivity index (χ2n) is 6.09. The van der Waals surface area contributed by atoms with Gasteiger partial charge >= 0.3 is 12.1 Å². The Hall–Kier alpha value is -2.09. The van der Waals surface area contributed by atoms with E-state index in [9.17, 15) is 27.9 Å². The molecule has 5 nitrogen and oxygen atoms in total. The Morgan fingerprint density at radius 3 is 2.36 bits per heavy atom. The first-order valence-corrected chi connectivity index (χ1v) is 7.77. The Kier molecular flexibility index (Phi) is 7.41. The molecule has 0 aromatic heterocycles. The Labute approximate surface area is 144 Å². The molecule has 8 heteroatoms. The van der Waals surface area contributed by atoms with E-state index in [0.29, 0.717) is 0 Å². The van der Waals surface area contributed by atoms with E-state index in [4.69, 9.17) is 0 Å². The van der Waals surface area contributed by atoms with E-state index in [-0.39, 0.29) is 17.9 Å². The van der Waals surface area contributed by atoms with E-state index in [1.807, 2.05) is 0 Å². The maximum absolute atomic E-state index is 13.1. The number of halogens is 3. The lowest BCUT2D eigenvalue weighted by molar-refractivity contribution is -0.147. The number of carbonyl (C=O) groups is 2. The molecule has 1 aromatic carbocycles. The predicted octanol–water partition coefficient (Wildman–Crippen LogP) is 2.31. The molecule has 0 saturated heterocycles. The van der Waals surface area contributed by atoms with Gasteiger partial charge in [-0.1, -0.05) is 32.0 Å². The lowest BCUT2D eigenvalue weighted by Crippen LogP contribution is -2.47. The number of esters is 1. The Balaban J connectivity index is 2.99. The number of alkyl halides is 3. The topological polar surface area (TPSA) is 75.6 Å². The number of aliphatic hydroxyl groups excluding tert-OH is 1. The molecule has 0 saturated carbocycles. The quantitative estimate of drug-likeness (QED) is 0.731. The highest BCUT2D eigenvalue weighted by atomic mass is 19.4. The van der Waals surface area contributed by atoms with Gasteiger partial charge in [-0.3, -0.25) is 4.79 Å². The molecule has 1 aromatic rings. The number of aliphatic hydroxyl groups is 1. The van der Waals surface area contributed by atoms with Crippen LogP contribution < -0.4 is 5.32 Å². The summed E-state index contributed by atoms with van der Waals surface area (Å²) < 4.78 is 43.8. The van der Waals surface area contributed by atoms with Gasteiger partial charge in [-0.25, -0.2) is 4.79 Å². The van der Waals surface area contributed by atoms with Crippen LogP contribution in [0.1, 0.15) is 31.4 Å². The number of rotatable bonds is 7.